The van der Waals surface area contributed by atoms with Gasteiger partial charge in [-0.25, -0.2) is 33.5 Å². The molecule has 2 fully saturated rings. The van der Waals surface area contributed by atoms with Crippen molar-refractivity contribution in [3.8, 4) is 11.4 Å². The van der Waals surface area contributed by atoms with Gasteiger partial charge in [0.05, 0.1) is 42.8 Å². The van der Waals surface area contributed by atoms with Crippen molar-refractivity contribution < 1.29 is 18.4 Å². The molecular formula is C26H25F2N9O4. The van der Waals surface area contributed by atoms with E-state index >= 15 is 0 Å². The number of imidazole rings is 1. The summed E-state index contributed by atoms with van der Waals surface area (Å²) >= 11 is 0. The Bertz CT molecular complexity index is 1820. The summed E-state index contributed by atoms with van der Waals surface area (Å²) in [6.45, 7) is 2.92. The first-order chi connectivity index (χ1) is 19.5. The van der Waals surface area contributed by atoms with E-state index in [1.807, 2.05) is 0 Å². The lowest BCUT2D eigenvalue weighted by molar-refractivity contribution is -0.119. The smallest absolute Gasteiger partial charge is 0.332 e. The number of aryl methyl sites for hydroxylation is 1. The Kier molecular flexibility index (Phi) is 6.04. The molecule has 0 bridgehead atoms. The highest BCUT2D eigenvalue weighted by Gasteiger charge is 2.71. The Balaban J connectivity index is 1.20. The summed E-state index contributed by atoms with van der Waals surface area (Å²) in [7, 11) is 1.43. The maximum atomic E-state index is 13.5. The number of pyridine rings is 1. The molecule has 1 aliphatic carbocycles. The number of piperidine rings is 1. The maximum Gasteiger partial charge on any atom is 0.332 e. The van der Waals surface area contributed by atoms with Crippen molar-refractivity contribution in [1.29, 1.82) is 0 Å². The van der Waals surface area contributed by atoms with Crippen molar-refractivity contribution in [1.82, 2.24) is 33.6 Å². The molecule has 13 nitrogen and oxygen atoms in total. The van der Waals surface area contributed by atoms with Crippen LogP contribution in [0.2, 0.25) is 0 Å². The third-order valence-corrected chi connectivity index (χ3v) is 7.66. The van der Waals surface area contributed by atoms with E-state index in [2.05, 4.69) is 25.3 Å². The van der Waals surface area contributed by atoms with Gasteiger partial charge in [0.25, 0.3) is 11.5 Å². The minimum absolute atomic E-state index is 0.00657. The van der Waals surface area contributed by atoms with Crippen molar-refractivity contribution in [2.75, 3.05) is 23.3 Å². The number of aromatic nitrogens is 7. The Morgan fingerprint density at radius 1 is 1.10 bits per heavy atom. The van der Waals surface area contributed by atoms with Crippen LogP contribution in [-0.2, 0) is 23.2 Å². The fraction of sp³-hybridized carbons (Fsp3) is 0.385. The molecule has 1 N–H and O–H groups in total. The largest absolute Gasteiger partial charge is 0.354 e. The number of rotatable bonds is 7. The Labute approximate surface area is 230 Å². The monoisotopic (exact) mass is 565 g/mol. The lowest BCUT2D eigenvalue weighted by Crippen LogP contribution is -2.41. The molecule has 15 heteroatoms. The second kappa shape index (κ2) is 9.38. The molecule has 0 aromatic carbocycles. The van der Waals surface area contributed by atoms with Gasteiger partial charge in [0.2, 0.25) is 5.91 Å². The number of halogens is 2. The number of ketones is 1. The van der Waals surface area contributed by atoms with E-state index in [1.165, 1.54) is 37.3 Å². The molecule has 1 amide bonds. The number of alkyl halides is 2. The van der Waals surface area contributed by atoms with Crippen LogP contribution in [0.1, 0.15) is 19.9 Å². The fourth-order valence-electron chi connectivity index (χ4n) is 5.26. The highest BCUT2D eigenvalue weighted by molar-refractivity contribution is 5.93. The van der Waals surface area contributed by atoms with Gasteiger partial charge < -0.3 is 14.8 Å². The number of hydrogen-bond acceptors (Lipinski definition) is 9. The van der Waals surface area contributed by atoms with E-state index < -0.39 is 47.5 Å². The molecule has 1 saturated heterocycles. The lowest BCUT2D eigenvalue weighted by atomic mass is 10.2. The molecule has 0 spiro atoms. The van der Waals surface area contributed by atoms with Gasteiger partial charge in [-0.2, -0.15) is 0 Å². The van der Waals surface area contributed by atoms with Crippen LogP contribution in [0.4, 0.5) is 20.4 Å². The van der Waals surface area contributed by atoms with Crippen molar-refractivity contribution in [2.45, 2.75) is 32.4 Å². The molecule has 5 heterocycles. The first-order valence-corrected chi connectivity index (χ1v) is 12.9. The van der Waals surface area contributed by atoms with Crippen LogP contribution in [0, 0.1) is 11.8 Å². The molecule has 41 heavy (non-hydrogen) atoms. The third-order valence-electron chi connectivity index (χ3n) is 7.66. The molecule has 3 atom stereocenters. The molecule has 1 saturated carbocycles. The van der Waals surface area contributed by atoms with Crippen LogP contribution in [0.5, 0.6) is 0 Å². The number of Topliss-reactive ketones (excluding diaryl/α,β-unsaturated/α-hetero) is 1. The first kappa shape index (κ1) is 26.4. The zero-order valence-electron chi connectivity index (χ0n) is 22.3. The standard InChI is InChI=1S/C26H25F2N9O4/c1-13(38)9-36-24(40)21-22(34(3)25(36)41)31-12-37(21)14(2)23(39)33-19-6-4-5-17(32-19)18-7-30-20(8-29-18)35-10-15-16(11-35)26(15,27)28/h4-8,12,14-16H,9-11H2,1-3H3,(H,32,33,39). The second-order valence-electron chi connectivity index (χ2n) is 10.4. The number of amides is 1. The van der Waals surface area contributed by atoms with Crippen LogP contribution in [0.3, 0.4) is 0 Å². The molecule has 1 aliphatic heterocycles. The van der Waals surface area contributed by atoms with E-state index in [4.69, 9.17) is 0 Å². The summed E-state index contributed by atoms with van der Waals surface area (Å²) in [6.07, 6.45) is 4.31. The summed E-state index contributed by atoms with van der Waals surface area (Å²) in [6, 6.07) is 4.02. The van der Waals surface area contributed by atoms with Crippen LogP contribution >= 0.6 is 0 Å². The van der Waals surface area contributed by atoms with Crippen LogP contribution < -0.4 is 21.5 Å². The van der Waals surface area contributed by atoms with E-state index in [1.54, 1.807) is 30.0 Å². The van der Waals surface area contributed by atoms with Gasteiger partial charge in [-0.15, -0.1) is 0 Å². The van der Waals surface area contributed by atoms with Gasteiger partial charge in [-0.1, -0.05) is 6.07 Å². The van der Waals surface area contributed by atoms with Crippen molar-refractivity contribution >= 4 is 34.5 Å². The van der Waals surface area contributed by atoms with E-state index in [9.17, 15) is 28.0 Å². The number of nitrogens with zero attached hydrogens (tertiary/aromatic N) is 8. The average molecular weight is 566 g/mol. The number of nitrogens with one attached hydrogen (secondary N) is 1. The SMILES string of the molecule is CC(=O)Cn1c(=O)c2c(ncn2C(C)C(=O)Nc2cccc(-c3cnc(N4CC5C(C4)C5(F)F)cn3)n2)n(C)c1=O. The van der Waals surface area contributed by atoms with Crippen LogP contribution in [-0.4, -0.2) is 64.3 Å². The number of fused-ring (bicyclic) bond motifs is 2. The second-order valence-corrected chi connectivity index (χ2v) is 10.4. The van der Waals surface area contributed by atoms with E-state index in [0.717, 1.165) is 9.13 Å². The molecule has 4 aromatic rings. The lowest BCUT2D eigenvalue weighted by Gasteiger charge is -2.20. The van der Waals surface area contributed by atoms with Gasteiger partial charge in [0.15, 0.2) is 11.2 Å². The average Bonchev–Trinajstić information content (AvgIpc) is 3.38. The molecule has 4 aromatic heterocycles. The number of carbonyl (C=O) groups excluding carboxylic acids is 2. The number of hydrogen-bond donors (Lipinski definition) is 1. The summed E-state index contributed by atoms with van der Waals surface area (Å²) < 4.78 is 30.3. The first-order valence-electron chi connectivity index (χ1n) is 12.9. The summed E-state index contributed by atoms with van der Waals surface area (Å²) in [5, 5.41) is 2.71. The fourth-order valence-corrected chi connectivity index (χ4v) is 5.26. The van der Waals surface area contributed by atoms with Crippen molar-refractivity contribution in [3.05, 3.63) is 57.8 Å². The zero-order chi connectivity index (χ0) is 29.2. The molecule has 2 aliphatic rings. The van der Waals surface area contributed by atoms with E-state index in [0.29, 0.717) is 17.2 Å². The molecule has 6 rings (SSSR count). The Hall–Kier alpha value is -4.82. The van der Waals surface area contributed by atoms with Gasteiger partial charge in [0.1, 0.15) is 29.2 Å². The van der Waals surface area contributed by atoms with Gasteiger partial charge in [0, 0.05) is 20.1 Å². The quantitative estimate of drug-likeness (QED) is 0.349. The van der Waals surface area contributed by atoms with E-state index in [-0.39, 0.29) is 35.9 Å². The van der Waals surface area contributed by atoms with Gasteiger partial charge >= 0.3 is 5.69 Å². The maximum absolute atomic E-state index is 13.5. The Morgan fingerprint density at radius 2 is 1.83 bits per heavy atom. The topological polar surface area (TPSA) is 150 Å². The molecule has 212 valence electrons. The number of anilines is 2. The summed E-state index contributed by atoms with van der Waals surface area (Å²) in [5.74, 6) is -3.97. The number of carbonyl (C=O) groups is 2. The molecule has 3 unspecified atom stereocenters. The van der Waals surface area contributed by atoms with Crippen molar-refractivity contribution in [3.63, 3.8) is 0 Å². The predicted octanol–water partition coefficient (Wildman–Crippen LogP) is 1.24. The van der Waals surface area contributed by atoms with Crippen molar-refractivity contribution in [2.24, 2.45) is 18.9 Å². The summed E-state index contributed by atoms with van der Waals surface area (Å²) in [4.78, 5) is 69.6. The van der Waals surface area contributed by atoms with Crippen LogP contribution in [0.25, 0.3) is 22.6 Å². The van der Waals surface area contributed by atoms with Gasteiger partial charge in [-0.05, 0) is 26.0 Å². The van der Waals surface area contributed by atoms with Crippen LogP contribution in [0.15, 0.2) is 46.5 Å². The predicted molar refractivity (Wildman–Crippen MR) is 143 cm³/mol. The molecule has 0 radical (unpaired) electrons. The Morgan fingerprint density at radius 3 is 2.49 bits per heavy atom. The third kappa shape index (κ3) is 4.37. The highest BCUT2D eigenvalue weighted by Crippen LogP contribution is 2.59. The zero-order valence-corrected chi connectivity index (χ0v) is 22.3. The highest BCUT2D eigenvalue weighted by atomic mass is 19.3. The van der Waals surface area contributed by atoms with Gasteiger partial charge in [-0.3, -0.25) is 23.5 Å². The minimum atomic E-state index is -2.58. The minimum Gasteiger partial charge on any atom is -0.354 e. The normalized spacial score (nSPS) is 19.7. The summed E-state index contributed by atoms with van der Waals surface area (Å²) in [5.41, 5.74) is -0.456. The molecular weight excluding hydrogens is 540 g/mol.